The van der Waals surface area contributed by atoms with E-state index < -0.39 is 0 Å². The molecule has 0 spiro atoms. The molecule has 0 radical (unpaired) electrons. The first-order chi connectivity index (χ1) is 8.35. The normalized spacial score (nSPS) is 28.0. The van der Waals surface area contributed by atoms with Gasteiger partial charge in [-0.3, -0.25) is 4.90 Å². The molecule has 0 heterocycles. The van der Waals surface area contributed by atoms with Crippen LogP contribution in [0.2, 0.25) is 0 Å². The van der Waals surface area contributed by atoms with E-state index in [9.17, 15) is 5.11 Å². The minimum absolute atomic E-state index is 0.123. The van der Waals surface area contributed by atoms with Crippen molar-refractivity contribution in [2.75, 3.05) is 26.8 Å². The highest BCUT2D eigenvalue weighted by molar-refractivity contribution is 4.86. The van der Waals surface area contributed by atoms with Crippen molar-refractivity contribution in [3.05, 3.63) is 0 Å². The van der Waals surface area contributed by atoms with Gasteiger partial charge in [0.1, 0.15) is 0 Å². The molecule has 0 aromatic rings. The number of methoxy groups -OCH3 is 1. The fraction of sp³-hybridized carbons (Fsp3) is 1.00. The Morgan fingerprint density at radius 3 is 2.61 bits per heavy atom. The Bertz CT molecular complexity index is 241. The molecule has 0 aromatic carbocycles. The van der Waals surface area contributed by atoms with Crippen LogP contribution < -0.4 is 0 Å². The number of nitrogens with zero attached hydrogens (tertiary/aromatic N) is 1. The lowest BCUT2D eigenvalue weighted by Crippen LogP contribution is -2.44. The second-order valence-electron chi connectivity index (χ2n) is 6.82. The summed E-state index contributed by atoms with van der Waals surface area (Å²) in [5.41, 5.74) is 0.383. The largest absolute Gasteiger partial charge is 0.393 e. The molecule has 1 saturated carbocycles. The molecule has 2 unspecified atom stereocenters. The van der Waals surface area contributed by atoms with Crippen molar-refractivity contribution in [1.82, 2.24) is 4.90 Å². The predicted molar refractivity (Wildman–Crippen MR) is 75.7 cm³/mol. The highest BCUT2D eigenvalue weighted by Crippen LogP contribution is 2.39. The van der Waals surface area contributed by atoms with Crippen LogP contribution in [0.25, 0.3) is 0 Å². The molecule has 0 saturated heterocycles. The van der Waals surface area contributed by atoms with Crippen molar-refractivity contribution in [1.29, 1.82) is 0 Å². The van der Waals surface area contributed by atoms with Gasteiger partial charge in [0.25, 0.3) is 0 Å². The average molecular weight is 257 g/mol. The molecule has 0 amide bonds. The molecule has 1 fully saturated rings. The molecule has 108 valence electrons. The second kappa shape index (κ2) is 6.88. The van der Waals surface area contributed by atoms with Crippen LogP contribution in [-0.4, -0.2) is 49.0 Å². The van der Waals surface area contributed by atoms with E-state index in [4.69, 9.17) is 4.74 Å². The maximum absolute atomic E-state index is 10.2. The summed E-state index contributed by atoms with van der Waals surface area (Å²) >= 11 is 0. The summed E-state index contributed by atoms with van der Waals surface area (Å²) < 4.78 is 5.18. The topological polar surface area (TPSA) is 32.7 Å². The third-order valence-corrected chi connectivity index (χ3v) is 4.26. The molecule has 0 aromatic heterocycles. The van der Waals surface area contributed by atoms with Crippen LogP contribution in [0.4, 0.5) is 0 Å². The van der Waals surface area contributed by atoms with Crippen LogP contribution >= 0.6 is 0 Å². The van der Waals surface area contributed by atoms with Gasteiger partial charge in [-0.2, -0.15) is 0 Å². The molecule has 0 bridgehead atoms. The Kier molecular flexibility index (Phi) is 6.09. The molecule has 1 aliphatic rings. The maximum Gasteiger partial charge on any atom is 0.0589 e. The first-order valence-electron chi connectivity index (χ1n) is 7.27. The Balaban J connectivity index is 2.55. The Labute approximate surface area is 113 Å². The molecule has 3 heteroatoms. The van der Waals surface area contributed by atoms with Crippen molar-refractivity contribution in [2.45, 2.75) is 59.1 Å². The third-order valence-electron chi connectivity index (χ3n) is 4.26. The SMILES string of the molecule is COCCN(CC1CC(C)(C)CCC1O)C(C)C. The van der Waals surface area contributed by atoms with Crippen molar-refractivity contribution in [2.24, 2.45) is 11.3 Å². The van der Waals surface area contributed by atoms with Crippen LogP contribution in [0, 0.1) is 11.3 Å². The smallest absolute Gasteiger partial charge is 0.0589 e. The zero-order chi connectivity index (χ0) is 13.8. The van der Waals surface area contributed by atoms with Gasteiger partial charge in [-0.1, -0.05) is 13.8 Å². The molecular formula is C15H31NO2. The first kappa shape index (κ1) is 15.9. The van der Waals surface area contributed by atoms with Crippen LogP contribution in [0.1, 0.15) is 47.0 Å². The number of rotatable bonds is 6. The first-order valence-corrected chi connectivity index (χ1v) is 7.27. The van der Waals surface area contributed by atoms with E-state index in [1.54, 1.807) is 7.11 Å². The fourth-order valence-corrected chi connectivity index (χ4v) is 2.98. The van der Waals surface area contributed by atoms with E-state index in [0.29, 0.717) is 17.4 Å². The summed E-state index contributed by atoms with van der Waals surface area (Å²) in [5.74, 6) is 0.410. The zero-order valence-electron chi connectivity index (χ0n) is 12.8. The van der Waals surface area contributed by atoms with E-state index in [1.165, 1.54) is 0 Å². The van der Waals surface area contributed by atoms with E-state index in [2.05, 4.69) is 32.6 Å². The van der Waals surface area contributed by atoms with Gasteiger partial charge in [0.15, 0.2) is 0 Å². The number of hydrogen-bond acceptors (Lipinski definition) is 3. The van der Waals surface area contributed by atoms with E-state index in [-0.39, 0.29) is 6.10 Å². The average Bonchev–Trinajstić information content (AvgIpc) is 2.28. The van der Waals surface area contributed by atoms with Crippen molar-refractivity contribution in [3.8, 4) is 0 Å². The molecule has 1 N–H and O–H groups in total. The molecule has 2 atom stereocenters. The molecule has 0 aliphatic heterocycles. The van der Waals surface area contributed by atoms with E-state index in [0.717, 1.165) is 39.0 Å². The summed E-state index contributed by atoms with van der Waals surface area (Å²) in [5, 5.41) is 10.2. The number of aliphatic hydroxyl groups is 1. The van der Waals surface area contributed by atoms with Gasteiger partial charge in [-0.25, -0.2) is 0 Å². The van der Waals surface area contributed by atoms with Gasteiger partial charge in [0, 0.05) is 26.2 Å². The highest BCUT2D eigenvalue weighted by Gasteiger charge is 2.34. The molecule has 1 aliphatic carbocycles. The van der Waals surface area contributed by atoms with Gasteiger partial charge in [0.05, 0.1) is 12.7 Å². The summed E-state index contributed by atoms with van der Waals surface area (Å²) in [6.45, 7) is 11.8. The van der Waals surface area contributed by atoms with Gasteiger partial charge in [-0.05, 0) is 44.4 Å². The monoisotopic (exact) mass is 257 g/mol. The van der Waals surface area contributed by atoms with Crippen LogP contribution in [-0.2, 0) is 4.74 Å². The summed E-state index contributed by atoms with van der Waals surface area (Å²) in [4.78, 5) is 2.43. The number of aliphatic hydroxyl groups excluding tert-OH is 1. The molecular weight excluding hydrogens is 226 g/mol. The zero-order valence-corrected chi connectivity index (χ0v) is 12.8. The Morgan fingerprint density at radius 1 is 1.39 bits per heavy atom. The number of hydrogen-bond donors (Lipinski definition) is 1. The van der Waals surface area contributed by atoms with Crippen LogP contribution in [0.3, 0.4) is 0 Å². The van der Waals surface area contributed by atoms with Crippen LogP contribution in [0.5, 0.6) is 0 Å². The standard InChI is InChI=1S/C15H31NO2/c1-12(2)16(8-9-18-5)11-13-10-15(3,4)7-6-14(13)17/h12-14,17H,6-11H2,1-5H3. The minimum atomic E-state index is -0.123. The lowest BCUT2D eigenvalue weighted by Gasteiger charge is -2.41. The third kappa shape index (κ3) is 4.87. The van der Waals surface area contributed by atoms with E-state index in [1.807, 2.05) is 0 Å². The Morgan fingerprint density at radius 2 is 2.06 bits per heavy atom. The molecule has 18 heavy (non-hydrogen) atoms. The van der Waals surface area contributed by atoms with E-state index >= 15 is 0 Å². The molecule has 3 nitrogen and oxygen atoms in total. The second-order valence-corrected chi connectivity index (χ2v) is 6.82. The van der Waals surface area contributed by atoms with Gasteiger partial charge in [0.2, 0.25) is 0 Å². The van der Waals surface area contributed by atoms with Crippen molar-refractivity contribution in [3.63, 3.8) is 0 Å². The van der Waals surface area contributed by atoms with Crippen LogP contribution in [0.15, 0.2) is 0 Å². The fourth-order valence-electron chi connectivity index (χ4n) is 2.98. The summed E-state index contributed by atoms with van der Waals surface area (Å²) in [6.07, 6.45) is 3.10. The lowest BCUT2D eigenvalue weighted by molar-refractivity contribution is -0.00429. The quantitative estimate of drug-likeness (QED) is 0.793. The lowest BCUT2D eigenvalue weighted by atomic mass is 9.70. The summed E-state index contributed by atoms with van der Waals surface area (Å²) in [6, 6.07) is 0.511. The maximum atomic E-state index is 10.2. The molecule has 1 rings (SSSR count). The van der Waals surface area contributed by atoms with Gasteiger partial charge >= 0.3 is 0 Å². The summed E-state index contributed by atoms with van der Waals surface area (Å²) in [7, 11) is 1.75. The van der Waals surface area contributed by atoms with Gasteiger partial charge < -0.3 is 9.84 Å². The minimum Gasteiger partial charge on any atom is -0.393 e. The predicted octanol–water partition coefficient (Wildman–Crippen LogP) is 2.53. The highest BCUT2D eigenvalue weighted by atomic mass is 16.5. The number of ether oxygens (including phenoxy) is 1. The van der Waals surface area contributed by atoms with Crippen molar-refractivity contribution >= 4 is 0 Å². The van der Waals surface area contributed by atoms with Crippen molar-refractivity contribution < 1.29 is 9.84 Å². The Hall–Kier alpha value is -0.120. The van der Waals surface area contributed by atoms with Gasteiger partial charge in [-0.15, -0.1) is 0 Å².